The van der Waals surface area contributed by atoms with Crippen LogP contribution >= 0.6 is 34.3 Å². The zero-order valence-electron chi connectivity index (χ0n) is 15.8. The maximum atomic E-state index is 13.0. The predicted octanol–water partition coefficient (Wildman–Crippen LogP) is 4.25. The molecule has 1 amide bonds. The summed E-state index contributed by atoms with van der Waals surface area (Å²) in [4.78, 5) is 14.2. The normalized spacial score (nSPS) is 22.2. The molecule has 2 aromatic heterocycles. The van der Waals surface area contributed by atoms with Crippen LogP contribution in [0.2, 0.25) is 4.34 Å². The van der Waals surface area contributed by atoms with Gasteiger partial charge in [0.1, 0.15) is 21.3 Å². The Morgan fingerprint density at radius 1 is 1.34 bits per heavy atom. The van der Waals surface area contributed by atoms with E-state index in [0.717, 1.165) is 41.0 Å². The Balaban J connectivity index is 1.58. The summed E-state index contributed by atoms with van der Waals surface area (Å²) in [5.74, 6) is 0.182. The Labute approximate surface area is 183 Å². The number of anilines is 1. The van der Waals surface area contributed by atoms with Crippen molar-refractivity contribution in [2.24, 2.45) is 5.92 Å². The molecule has 1 saturated heterocycles. The van der Waals surface area contributed by atoms with Gasteiger partial charge in [-0.3, -0.25) is 4.79 Å². The molecular formula is C19H20ClN3O3S3. The van der Waals surface area contributed by atoms with Crippen molar-refractivity contribution in [3.8, 4) is 6.07 Å². The highest BCUT2D eigenvalue weighted by Crippen LogP contribution is 2.40. The zero-order valence-corrected chi connectivity index (χ0v) is 19.0. The van der Waals surface area contributed by atoms with Crippen LogP contribution in [0.4, 0.5) is 5.00 Å². The van der Waals surface area contributed by atoms with E-state index >= 15 is 0 Å². The third-order valence-electron chi connectivity index (χ3n) is 5.48. The molecule has 2 aromatic rings. The van der Waals surface area contributed by atoms with Crippen LogP contribution in [0.5, 0.6) is 0 Å². The van der Waals surface area contributed by atoms with Gasteiger partial charge in [0.2, 0.25) is 5.91 Å². The van der Waals surface area contributed by atoms with Crippen molar-refractivity contribution in [3.05, 3.63) is 32.5 Å². The molecule has 3 heterocycles. The Morgan fingerprint density at radius 2 is 2.14 bits per heavy atom. The minimum absolute atomic E-state index is 0.139. The van der Waals surface area contributed by atoms with E-state index in [1.807, 2.05) is 0 Å². The number of hydrogen-bond donors (Lipinski definition) is 1. The van der Waals surface area contributed by atoms with Gasteiger partial charge < -0.3 is 5.32 Å². The smallest absolute Gasteiger partial charge is 0.253 e. The molecule has 4 rings (SSSR count). The molecule has 2 atom stereocenters. The van der Waals surface area contributed by atoms with Crippen molar-refractivity contribution < 1.29 is 13.2 Å². The molecule has 154 valence electrons. The fraction of sp³-hybridized carbons (Fsp3) is 0.474. The van der Waals surface area contributed by atoms with Crippen LogP contribution in [0.3, 0.4) is 0 Å². The van der Waals surface area contributed by atoms with Crippen molar-refractivity contribution in [1.82, 2.24) is 4.31 Å². The molecule has 1 fully saturated rings. The van der Waals surface area contributed by atoms with Gasteiger partial charge in [-0.2, -0.15) is 9.57 Å². The standard InChI is InChI=1S/C19H20ClN3O3S3/c1-11-4-5-12-13(10-21)19(27-15(12)9-11)22-18(24)14-3-2-8-23(14)29(25,26)17-7-6-16(20)28-17/h6-7,11,14H,2-5,8-9H2,1H3,(H,22,24)/t11-,14+/m0/s1. The summed E-state index contributed by atoms with van der Waals surface area (Å²) in [6, 6.07) is 4.46. The monoisotopic (exact) mass is 469 g/mol. The van der Waals surface area contributed by atoms with E-state index in [-0.39, 0.29) is 10.1 Å². The molecule has 2 aliphatic rings. The van der Waals surface area contributed by atoms with Crippen LogP contribution in [0, 0.1) is 17.2 Å². The topological polar surface area (TPSA) is 90.3 Å². The number of carbonyl (C=O) groups is 1. The van der Waals surface area contributed by atoms with E-state index in [2.05, 4.69) is 18.3 Å². The molecule has 6 nitrogen and oxygen atoms in total. The minimum Gasteiger partial charge on any atom is -0.315 e. The van der Waals surface area contributed by atoms with Crippen molar-refractivity contribution in [3.63, 3.8) is 0 Å². The number of nitrogens with one attached hydrogen (secondary N) is 1. The van der Waals surface area contributed by atoms with E-state index in [1.54, 1.807) is 6.07 Å². The fourth-order valence-corrected chi connectivity index (χ4v) is 8.63. The Hall–Kier alpha value is -1.44. The molecule has 0 spiro atoms. The number of thiophene rings is 2. The van der Waals surface area contributed by atoms with Crippen molar-refractivity contribution in [2.75, 3.05) is 11.9 Å². The van der Waals surface area contributed by atoms with E-state index in [1.165, 1.54) is 21.7 Å². The summed E-state index contributed by atoms with van der Waals surface area (Å²) in [6.45, 7) is 2.48. The van der Waals surface area contributed by atoms with Crippen LogP contribution in [-0.4, -0.2) is 31.2 Å². The average molecular weight is 470 g/mol. The fourth-order valence-electron chi connectivity index (χ4n) is 3.99. The molecule has 1 aliphatic carbocycles. The summed E-state index contributed by atoms with van der Waals surface area (Å²) < 4.78 is 27.7. The number of amides is 1. The number of nitrogens with zero attached hydrogens (tertiary/aromatic N) is 2. The first kappa shape index (κ1) is 20.8. The highest BCUT2D eigenvalue weighted by molar-refractivity contribution is 7.91. The minimum atomic E-state index is -3.78. The van der Waals surface area contributed by atoms with Gasteiger partial charge in [0, 0.05) is 11.4 Å². The molecule has 0 radical (unpaired) electrons. The Bertz CT molecular complexity index is 1100. The van der Waals surface area contributed by atoms with E-state index < -0.39 is 16.1 Å². The highest BCUT2D eigenvalue weighted by Gasteiger charge is 2.40. The second-order valence-corrected chi connectivity index (χ2v) is 12.4. The summed E-state index contributed by atoms with van der Waals surface area (Å²) in [5, 5.41) is 13.0. The first-order valence-electron chi connectivity index (χ1n) is 9.44. The Morgan fingerprint density at radius 3 is 2.83 bits per heavy atom. The largest absolute Gasteiger partial charge is 0.315 e. The molecule has 0 aromatic carbocycles. The quantitative estimate of drug-likeness (QED) is 0.724. The number of fused-ring (bicyclic) bond motifs is 1. The molecule has 1 N–H and O–H groups in total. The molecule has 10 heteroatoms. The molecule has 0 bridgehead atoms. The van der Waals surface area contributed by atoms with Crippen molar-refractivity contribution in [2.45, 2.75) is 49.3 Å². The molecule has 29 heavy (non-hydrogen) atoms. The predicted molar refractivity (Wildman–Crippen MR) is 115 cm³/mol. The summed E-state index contributed by atoms with van der Waals surface area (Å²) in [7, 11) is -3.78. The van der Waals surface area contributed by atoms with Gasteiger partial charge in [0.15, 0.2) is 0 Å². The van der Waals surface area contributed by atoms with E-state index in [4.69, 9.17) is 11.6 Å². The number of sulfonamides is 1. The van der Waals surface area contributed by atoms with Crippen LogP contribution in [0.1, 0.15) is 42.2 Å². The van der Waals surface area contributed by atoms with Gasteiger partial charge in [-0.05, 0) is 55.7 Å². The van der Waals surface area contributed by atoms with Gasteiger partial charge in [0.05, 0.1) is 9.90 Å². The van der Waals surface area contributed by atoms with Crippen molar-refractivity contribution >= 4 is 55.2 Å². The second-order valence-electron chi connectivity index (χ2n) is 7.49. The number of rotatable bonds is 4. The number of halogens is 1. The lowest BCUT2D eigenvalue weighted by Gasteiger charge is -2.22. The van der Waals surface area contributed by atoms with Gasteiger partial charge in [0.25, 0.3) is 10.0 Å². The number of carbonyl (C=O) groups excluding carboxylic acids is 1. The third-order valence-corrected chi connectivity index (χ3v) is 10.3. The molecule has 1 aliphatic heterocycles. The Kier molecular flexibility index (Phi) is 5.75. The van der Waals surface area contributed by atoms with E-state index in [9.17, 15) is 18.5 Å². The first-order chi connectivity index (χ1) is 13.8. The van der Waals surface area contributed by atoms with Gasteiger partial charge in [-0.25, -0.2) is 8.42 Å². The van der Waals surface area contributed by atoms with Gasteiger partial charge >= 0.3 is 0 Å². The lowest BCUT2D eigenvalue weighted by atomic mass is 9.88. The van der Waals surface area contributed by atoms with Gasteiger partial charge in [-0.15, -0.1) is 22.7 Å². The number of hydrogen-bond acceptors (Lipinski definition) is 6. The van der Waals surface area contributed by atoms with Crippen LogP contribution in [0.15, 0.2) is 16.3 Å². The highest BCUT2D eigenvalue weighted by atomic mass is 35.5. The number of nitriles is 1. The van der Waals surface area contributed by atoms with Crippen LogP contribution in [-0.2, 0) is 27.7 Å². The third kappa shape index (κ3) is 3.84. The zero-order chi connectivity index (χ0) is 20.8. The molecular weight excluding hydrogens is 450 g/mol. The lowest BCUT2D eigenvalue weighted by molar-refractivity contribution is -0.119. The van der Waals surface area contributed by atoms with Crippen molar-refractivity contribution in [1.29, 1.82) is 5.26 Å². The van der Waals surface area contributed by atoms with E-state index in [0.29, 0.717) is 40.2 Å². The summed E-state index contributed by atoms with van der Waals surface area (Å²) >= 11 is 8.33. The van der Waals surface area contributed by atoms with Crippen LogP contribution < -0.4 is 5.32 Å². The maximum absolute atomic E-state index is 13.0. The van der Waals surface area contributed by atoms with Gasteiger partial charge in [-0.1, -0.05) is 18.5 Å². The summed E-state index contributed by atoms with van der Waals surface area (Å²) in [5.41, 5.74) is 1.57. The SMILES string of the molecule is C[C@H]1CCc2c(sc(NC(=O)[C@H]3CCCN3S(=O)(=O)c3ccc(Cl)s3)c2C#N)C1. The first-order valence-corrected chi connectivity index (χ1v) is 12.9. The lowest BCUT2D eigenvalue weighted by Crippen LogP contribution is -2.42. The van der Waals surface area contributed by atoms with Crippen LogP contribution in [0.25, 0.3) is 0 Å². The average Bonchev–Trinajstić information content (AvgIpc) is 3.39. The molecule has 0 unspecified atom stereocenters. The maximum Gasteiger partial charge on any atom is 0.253 e. The molecule has 0 saturated carbocycles. The summed E-state index contributed by atoms with van der Waals surface area (Å²) in [6.07, 6.45) is 3.85. The second kappa shape index (κ2) is 8.00.